The fourth-order valence-electron chi connectivity index (χ4n) is 1.89. The highest BCUT2D eigenvalue weighted by molar-refractivity contribution is 5.01. The molecule has 3 nitrogen and oxygen atoms in total. The number of aromatic nitrogens is 2. The molecular weight excluding hydrogens is 219 g/mol. The Morgan fingerprint density at radius 2 is 1.88 bits per heavy atom. The summed E-state index contributed by atoms with van der Waals surface area (Å²) >= 11 is 0. The third-order valence-corrected chi connectivity index (χ3v) is 2.80. The summed E-state index contributed by atoms with van der Waals surface area (Å²) in [7, 11) is 0. The van der Waals surface area contributed by atoms with Crippen LogP contribution in [-0.4, -0.2) is 34.1 Å². The maximum atomic E-state index is 12.3. The van der Waals surface area contributed by atoms with Gasteiger partial charge in [0.2, 0.25) is 0 Å². The average Bonchev–Trinajstić information content (AvgIpc) is 2.85. The van der Waals surface area contributed by atoms with Gasteiger partial charge in [0, 0.05) is 19.3 Å². The lowest BCUT2D eigenvalue weighted by atomic mass is 10.4. The van der Waals surface area contributed by atoms with E-state index in [4.69, 9.17) is 0 Å². The van der Waals surface area contributed by atoms with Crippen molar-refractivity contribution >= 4 is 0 Å². The molecule has 0 aliphatic carbocycles. The second-order valence-electron chi connectivity index (χ2n) is 4.04. The van der Waals surface area contributed by atoms with Crippen molar-refractivity contribution < 1.29 is 13.2 Å². The van der Waals surface area contributed by atoms with Crippen LogP contribution in [0.3, 0.4) is 0 Å². The van der Waals surface area contributed by atoms with E-state index in [9.17, 15) is 13.2 Å². The van der Waals surface area contributed by atoms with Crippen molar-refractivity contribution in [1.82, 2.24) is 14.5 Å². The summed E-state index contributed by atoms with van der Waals surface area (Å²) in [4.78, 5) is 5.61. The lowest BCUT2D eigenvalue weighted by Gasteiger charge is -2.14. The van der Waals surface area contributed by atoms with Crippen LogP contribution in [-0.2, 0) is 12.7 Å². The van der Waals surface area contributed by atoms with Gasteiger partial charge in [0.1, 0.15) is 0 Å². The second-order valence-corrected chi connectivity index (χ2v) is 4.04. The topological polar surface area (TPSA) is 21.1 Å². The number of nitrogens with zero attached hydrogens (tertiary/aromatic N) is 3. The zero-order valence-corrected chi connectivity index (χ0v) is 8.87. The zero-order chi connectivity index (χ0) is 11.6. The molecule has 90 valence electrons. The minimum absolute atomic E-state index is 0.572. The molecule has 1 aromatic rings. The molecule has 0 bridgehead atoms. The number of rotatable bonds is 3. The fraction of sp³-hybridized carbons (Fsp3) is 0.700. The predicted molar refractivity (Wildman–Crippen MR) is 52.9 cm³/mol. The van der Waals surface area contributed by atoms with Gasteiger partial charge in [0.25, 0.3) is 0 Å². The molecule has 1 aromatic heterocycles. The first-order chi connectivity index (χ1) is 7.55. The monoisotopic (exact) mass is 233 g/mol. The van der Waals surface area contributed by atoms with Gasteiger partial charge in [0.05, 0.1) is 6.33 Å². The quantitative estimate of drug-likeness (QED) is 0.796. The molecule has 0 N–H and O–H groups in total. The fourth-order valence-corrected chi connectivity index (χ4v) is 1.89. The van der Waals surface area contributed by atoms with Crippen LogP contribution < -0.4 is 0 Å². The van der Waals surface area contributed by atoms with Crippen LogP contribution in [0.4, 0.5) is 13.2 Å². The highest BCUT2D eigenvalue weighted by Crippen LogP contribution is 2.27. The van der Waals surface area contributed by atoms with E-state index in [0.29, 0.717) is 6.54 Å². The Kier molecular flexibility index (Phi) is 3.18. The van der Waals surface area contributed by atoms with Gasteiger partial charge in [-0.1, -0.05) is 0 Å². The summed E-state index contributed by atoms with van der Waals surface area (Å²) in [5.41, 5.74) is -0.811. The highest BCUT2D eigenvalue weighted by Gasteiger charge is 2.33. The van der Waals surface area contributed by atoms with Gasteiger partial charge in [-0.15, -0.1) is 0 Å². The lowest BCUT2D eigenvalue weighted by molar-refractivity contribution is -0.140. The number of hydrogen-bond donors (Lipinski definition) is 0. The van der Waals surface area contributed by atoms with E-state index in [1.165, 1.54) is 23.7 Å². The Bertz CT molecular complexity index is 339. The first-order valence-electron chi connectivity index (χ1n) is 5.37. The third-order valence-electron chi connectivity index (χ3n) is 2.80. The van der Waals surface area contributed by atoms with E-state index in [1.807, 2.05) is 0 Å². The molecular formula is C10H14F3N3. The van der Waals surface area contributed by atoms with Crippen molar-refractivity contribution in [2.24, 2.45) is 0 Å². The molecule has 2 rings (SSSR count). The summed E-state index contributed by atoms with van der Waals surface area (Å²) in [5, 5.41) is 0. The minimum Gasteiger partial charge on any atom is -0.336 e. The smallest absolute Gasteiger partial charge is 0.336 e. The number of halogens is 3. The van der Waals surface area contributed by atoms with Gasteiger partial charge < -0.3 is 9.47 Å². The molecule has 0 atom stereocenters. The van der Waals surface area contributed by atoms with Crippen LogP contribution in [0.25, 0.3) is 0 Å². The summed E-state index contributed by atoms with van der Waals surface area (Å²) in [6.07, 6.45) is 0.364. The largest absolute Gasteiger partial charge is 0.434 e. The number of likely N-dealkylation sites (tertiary alicyclic amines) is 1. The van der Waals surface area contributed by atoms with Crippen molar-refractivity contribution in [3.63, 3.8) is 0 Å². The van der Waals surface area contributed by atoms with E-state index in [0.717, 1.165) is 25.8 Å². The first kappa shape index (κ1) is 11.4. The second kappa shape index (κ2) is 4.45. The van der Waals surface area contributed by atoms with Crippen LogP contribution in [0.5, 0.6) is 0 Å². The van der Waals surface area contributed by atoms with Gasteiger partial charge in [-0.2, -0.15) is 13.2 Å². The molecule has 1 fully saturated rings. The minimum atomic E-state index is -4.33. The molecule has 0 spiro atoms. The van der Waals surface area contributed by atoms with Crippen LogP contribution in [0.2, 0.25) is 0 Å². The van der Waals surface area contributed by atoms with Crippen molar-refractivity contribution in [3.05, 3.63) is 18.2 Å². The van der Waals surface area contributed by atoms with E-state index < -0.39 is 11.9 Å². The van der Waals surface area contributed by atoms with Crippen molar-refractivity contribution in [3.8, 4) is 0 Å². The van der Waals surface area contributed by atoms with Crippen LogP contribution in [0, 0.1) is 0 Å². The lowest BCUT2D eigenvalue weighted by Crippen LogP contribution is -2.23. The molecule has 0 radical (unpaired) electrons. The molecule has 1 aliphatic rings. The molecule has 1 aliphatic heterocycles. The Morgan fingerprint density at radius 3 is 2.44 bits per heavy atom. The number of hydrogen-bond acceptors (Lipinski definition) is 2. The van der Waals surface area contributed by atoms with Crippen molar-refractivity contribution in [2.75, 3.05) is 19.6 Å². The SMILES string of the molecule is FC(F)(F)c1cn(CCN2CCCC2)cn1. The van der Waals surface area contributed by atoms with E-state index >= 15 is 0 Å². The summed E-state index contributed by atoms with van der Waals surface area (Å²) < 4.78 is 38.3. The van der Waals surface area contributed by atoms with E-state index in [1.54, 1.807) is 0 Å². The predicted octanol–water partition coefficient (Wildman–Crippen LogP) is 2.00. The Balaban J connectivity index is 1.87. The van der Waals surface area contributed by atoms with E-state index in [2.05, 4.69) is 9.88 Å². The standard InChI is InChI=1S/C10H14F3N3/c11-10(12,13)9-7-16(8-14-9)6-5-15-3-1-2-4-15/h7-8H,1-6H2. The van der Waals surface area contributed by atoms with Gasteiger partial charge in [-0.3, -0.25) is 0 Å². The first-order valence-corrected chi connectivity index (χ1v) is 5.37. The maximum absolute atomic E-state index is 12.3. The van der Waals surface area contributed by atoms with Gasteiger partial charge in [-0.25, -0.2) is 4.98 Å². The molecule has 0 aromatic carbocycles. The normalized spacial score (nSPS) is 18.2. The zero-order valence-electron chi connectivity index (χ0n) is 8.87. The van der Waals surface area contributed by atoms with Gasteiger partial charge in [-0.05, 0) is 25.9 Å². The molecule has 1 saturated heterocycles. The van der Waals surface area contributed by atoms with Crippen LogP contribution >= 0.6 is 0 Å². The molecule has 0 saturated carbocycles. The highest BCUT2D eigenvalue weighted by atomic mass is 19.4. The Hall–Kier alpha value is -1.04. The van der Waals surface area contributed by atoms with Gasteiger partial charge in [0.15, 0.2) is 5.69 Å². The molecule has 6 heteroatoms. The summed E-state index contributed by atoms with van der Waals surface area (Å²) in [5.74, 6) is 0. The number of imidazole rings is 1. The Morgan fingerprint density at radius 1 is 1.19 bits per heavy atom. The van der Waals surface area contributed by atoms with Crippen molar-refractivity contribution in [1.29, 1.82) is 0 Å². The average molecular weight is 233 g/mol. The summed E-state index contributed by atoms with van der Waals surface area (Å²) in [6, 6.07) is 0. The third kappa shape index (κ3) is 2.75. The van der Waals surface area contributed by atoms with Crippen LogP contribution in [0.15, 0.2) is 12.5 Å². The molecule has 2 heterocycles. The molecule has 0 unspecified atom stereocenters. The van der Waals surface area contributed by atoms with Gasteiger partial charge >= 0.3 is 6.18 Å². The molecule has 16 heavy (non-hydrogen) atoms. The number of alkyl halides is 3. The Labute approximate surface area is 91.9 Å². The molecule has 0 amide bonds. The summed E-state index contributed by atoms with van der Waals surface area (Å²) in [6.45, 7) is 3.48. The van der Waals surface area contributed by atoms with Crippen molar-refractivity contribution in [2.45, 2.75) is 25.6 Å². The maximum Gasteiger partial charge on any atom is 0.434 e. The van der Waals surface area contributed by atoms with Crippen LogP contribution in [0.1, 0.15) is 18.5 Å². The van der Waals surface area contributed by atoms with E-state index in [-0.39, 0.29) is 0 Å².